The van der Waals surface area contributed by atoms with Crippen LogP contribution in [0.2, 0.25) is 0 Å². The Morgan fingerprint density at radius 3 is 2.36 bits per heavy atom. The largest absolute Gasteiger partial charge is 0.468 e. The molecule has 1 N–H and O–H groups in total. The first-order chi connectivity index (χ1) is 13.8. The summed E-state index contributed by atoms with van der Waals surface area (Å²) in [4.78, 5) is 2.10. The molecular formula is C23H23N3O2. The Hall–Kier alpha value is -3.31. The van der Waals surface area contributed by atoms with Crippen molar-refractivity contribution in [1.29, 1.82) is 0 Å². The smallest absolute Gasteiger partial charge is 0.232 e. The minimum Gasteiger partial charge on any atom is -0.468 e. The summed E-state index contributed by atoms with van der Waals surface area (Å²) >= 11 is 0. The first-order valence-corrected chi connectivity index (χ1v) is 9.33. The van der Waals surface area contributed by atoms with Crippen LogP contribution in [0.25, 0.3) is 11.3 Å². The molecule has 0 fully saturated rings. The number of benzene rings is 2. The van der Waals surface area contributed by atoms with Crippen LogP contribution in [0.15, 0.2) is 88.0 Å². The predicted molar refractivity (Wildman–Crippen MR) is 110 cm³/mol. The standard InChI is InChI=1S/C23H23N3O2/c1-26(17-18-9-4-2-5-10-18)23-21(16-24-15-20-13-8-14-27-20)22(25-28-23)19-11-6-3-7-12-19/h2-14,24H,15-17H2,1H3. The van der Waals surface area contributed by atoms with Gasteiger partial charge in [-0.2, -0.15) is 0 Å². The van der Waals surface area contributed by atoms with Gasteiger partial charge in [0.15, 0.2) is 0 Å². The van der Waals surface area contributed by atoms with E-state index in [0.717, 1.165) is 35.0 Å². The molecule has 28 heavy (non-hydrogen) atoms. The number of nitrogens with one attached hydrogen (secondary N) is 1. The summed E-state index contributed by atoms with van der Waals surface area (Å²) in [6, 6.07) is 24.3. The van der Waals surface area contributed by atoms with Crippen molar-refractivity contribution in [1.82, 2.24) is 10.5 Å². The van der Waals surface area contributed by atoms with E-state index in [1.165, 1.54) is 5.56 Å². The molecule has 2 heterocycles. The van der Waals surface area contributed by atoms with Crippen LogP contribution in [-0.2, 0) is 19.6 Å². The fourth-order valence-electron chi connectivity index (χ4n) is 3.24. The number of hydrogen-bond acceptors (Lipinski definition) is 5. The van der Waals surface area contributed by atoms with E-state index in [4.69, 9.17) is 8.94 Å². The summed E-state index contributed by atoms with van der Waals surface area (Å²) < 4.78 is 11.2. The van der Waals surface area contributed by atoms with Crippen molar-refractivity contribution >= 4 is 5.88 Å². The van der Waals surface area contributed by atoms with Crippen molar-refractivity contribution in [2.75, 3.05) is 11.9 Å². The van der Waals surface area contributed by atoms with Crippen LogP contribution >= 0.6 is 0 Å². The van der Waals surface area contributed by atoms with Gasteiger partial charge in [-0.25, -0.2) is 0 Å². The maximum atomic E-state index is 5.78. The van der Waals surface area contributed by atoms with Gasteiger partial charge in [-0.3, -0.25) is 0 Å². The Morgan fingerprint density at radius 1 is 0.893 bits per heavy atom. The van der Waals surface area contributed by atoms with Crippen molar-refractivity contribution in [3.63, 3.8) is 0 Å². The van der Waals surface area contributed by atoms with Crippen LogP contribution in [-0.4, -0.2) is 12.2 Å². The lowest BCUT2D eigenvalue weighted by molar-refractivity contribution is 0.420. The summed E-state index contributed by atoms with van der Waals surface area (Å²) in [6.07, 6.45) is 1.69. The number of hydrogen-bond donors (Lipinski definition) is 1. The van der Waals surface area contributed by atoms with Gasteiger partial charge in [0.2, 0.25) is 5.88 Å². The molecule has 142 valence electrons. The molecule has 2 aromatic heterocycles. The molecule has 0 aliphatic carbocycles. The van der Waals surface area contributed by atoms with E-state index < -0.39 is 0 Å². The molecule has 0 unspecified atom stereocenters. The van der Waals surface area contributed by atoms with Gasteiger partial charge in [-0.15, -0.1) is 0 Å². The minimum atomic E-state index is 0.628. The second-order valence-corrected chi connectivity index (χ2v) is 6.71. The first kappa shape index (κ1) is 18.1. The van der Waals surface area contributed by atoms with Gasteiger partial charge >= 0.3 is 0 Å². The molecule has 2 aromatic carbocycles. The highest BCUT2D eigenvalue weighted by molar-refractivity contribution is 5.68. The molecule has 5 heteroatoms. The van der Waals surface area contributed by atoms with E-state index >= 15 is 0 Å². The molecule has 0 radical (unpaired) electrons. The highest BCUT2D eigenvalue weighted by atomic mass is 16.5. The van der Waals surface area contributed by atoms with Crippen LogP contribution < -0.4 is 10.2 Å². The quantitative estimate of drug-likeness (QED) is 0.478. The van der Waals surface area contributed by atoms with E-state index in [0.29, 0.717) is 13.1 Å². The van der Waals surface area contributed by atoms with Gasteiger partial charge in [-0.05, 0) is 17.7 Å². The summed E-state index contributed by atoms with van der Waals surface area (Å²) in [7, 11) is 2.03. The fourth-order valence-corrected chi connectivity index (χ4v) is 3.24. The molecule has 0 aliphatic heterocycles. The molecule has 4 aromatic rings. The number of rotatable bonds is 8. The molecule has 0 bridgehead atoms. The average Bonchev–Trinajstić information content (AvgIpc) is 3.39. The van der Waals surface area contributed by atoms with Gasteiger partial charge in [-0.1, -0.05) is 65.8 Å². The Bertz CT molecular complexity index is 979. The zero-order chi connectivity index (χ0) is 19.2. The third-order valence-corrected chi connectivity index (χ3v) is 4.61. The van der Waals surface area contributed by atoms with Crippen LogP contribution in [0, 0.1) is 0 Å². The van der Waals surface area contributed by atoms with E-state index in [2.05, 4.69) is 39.6 Å². The summed E-state index contributed by atoms with van der Waals surface area (Å²) in [5.41, 5.74) is 4.16. The van der Waals surface area contributed by atoms with Gasteiger partial charge in [0.25, 0.3) is 0 Å². The Kier molecular flexibility index (Phi) is 5.54. The molecule has 0 atom stereocenters. The lowest BCUT2D eigenvalue weighted by atomic mass is 10.1. The van der Waals surface area contributed by atoms with Crippen molar-refractivity contribution < 1.29 is 8.94 Å². The fraction of sp³-hybridized carbons (Fsp3) is 0.174. The third-order valence-electron chi connectivity index (χ3n) is 4.61. The van der Waals surface area contributed by atoms with Crippen LogP contribution in [0.1, 0.15) is 16.9 Å². The molecule has 0 saturated heterocycles. The van der Waals surface area contributed by atoms with Crippen LogP contribution in [0.4, 0.5) is 5.88 Å². The van der Waals surface area contributed by atoms with Crippen LogP contribution in [0.3, 0.4) is 0 Å². The monoisotopic (exact) mass is 373 g/mol. The molecule has 0 spiro atoms. The number of aromatic nitrogens is 1. The molecular weight excluding hydrogens is 350 g/mol. The number of anilines is 1. The lowest BCUT2D eigenvalue weighted by Crippen LogP contribution is -2.19. The topological polar surface area (TPSA) is 54.4 Å². The number of furan rings is 1. The van der Waals surface area contributed by atoms with E-state index in [-0.39, 0.29) is 0 Å². The number of nitrogens with zero attached hydrogens (tertiary/aromatic N) is 2. The van der Waals surface area contributed by atoms with Gasteiger partial charge in [0.1, 0.15) is 11.5 Å². The zero-order valence-electron chi connectivity index (χ0n) is 15.8. The van der Waals surface area contributed by atoms with Crippen molar-refractivity contribution in [2.24, 2.45) is 0 Å². The predicted octanol–water partition coefficient (Wildman–Crippen LogP) is 4.86. The Balaban J connectivity index is 1.58. The first-order valence-electron chi connectivity index (χ1n) is 9.33. The second kappa shape index (κ2) is 8.59. The molecule has 0 aliphatic rings. The third kappa shape index (κ3) is 4.15. The van der Waals surface area contributed by atoms with Gasteiger partial charge in [0.05, 0.1) is 18.4 Å². The normalized spacial score (nSPS) is 10.9. The van der Waals surface area contributed by atoms with Gasteiger partial charge < -0.3 is 19.2 Å². The van der Waals surface area contributed by atoms with E-state index in [9.17, 15) is 0 Å². The lowest BCUT2D eigenvalue weighted by Gasteiger charge is -2.17. The Labute approximate surface area is 164 Å². The summed E-state index contributed by atoms with van der Waals surface area (Å²) in [6.45, 7) is 2.02. The second-order valence-electron chi connectivity index (χ2n) is 6.71. The summed E-state index contributed by atoms with van der Waals surface area (Å²) in [5, 5.41) is 7.82. The molecule has 5 nitrogen and oxygen atoms in total. The SMILES string of the molecule is CN(Cc1ccccc1)c1onc(-c2ccccc2)c1CNCc1ccco1. The maximum Gasteiger partial charge on any atom is 0.232 e. The molecule has 0 amide bonds. The highest BCUT2D eigenvalue weighted by Gasteiger charge is 2.20. The van der Waals surface area contributed by atoms with Crippen molar-refractivity contribution in [2.45, 2.75) is 19.6 Å². The van der Waals surface area contributed by atoms with Crippen LogP contribution in [0.5, 0.6) is 0 Å². The molecule has 4 rings (SSSR count). The summed E-state index contributed by atoms with van der Waals surface area (Å²) in [5.74, 6) is 1.67. The van der Waals surface area contributed by atoms with Gasteiger partial charge in [0, 0.05) is 25.7 Å². The minimum absolute atomic E-state index is 0.628. The average molecular weight is 373 g/mol. The maximum absolute atomic E-state index is 5.78. The Morgan fingerprint density at radius 2 is 1.64 bits per heavy atom. The highest BCUT2D eigenvalue weighted by Crippen LogP contribution is 2.31. The van der Waals surface area contributed by atoms with E-state index in [1.807, 2.05) is 55.6 Å². The zero-order valence-corrected chi connectivity index (χ0v) is 15.8. The van der Waals surface area contributed by atoms with Crippen molar-refractivity contribution in [3.8, 4) is 11.3 Å². The van der Waals surface area contributed by atoms with Crippen molar-refractivity contribution in [3.05, 3.63) is 95.9 Å². The van der Waals surface area contributed by atoms with E-state index in [1.54, 1.807) is 6.26 Å². The molecule has 0 saturated carbocycles.